The first-order valence-corrected chi connectivity index (χ1v) is 7.88. The van der Waals surface area contributed by atoms with Crippen molar-refractivity contribution in [2.75, 3.05) is 5.32 Å². The molecule has 1 unspecified atom stereocenters. The van der Waals surface area contributed by atoms with Crippen LogP contribution < -0.4 is 5.32 Å². The quantitative estimate of drug-likeness (QED) is 0.849. The minimum Gasteiger partial charge on any atom is -0.331 e. The fourth-order valence-electron chi connectivity index (χ4n) is 2.38. The van der Waals surface area contributed by atoms with Crippen molar-refractivity contribution >= 4 is 22.2 Å². The maximum atomic E-state index is 4.73. The Morgan fingerprint density at radius 2 is 2.20 bits per heavy atom. The largest absolute Gasteiger partial charge is 0.331 e. The molecule has 0 saturated carbocycles. The summed E-state index contributed by atoms with van der Waals surface area (Å²) in [4.78, 5) is 4.73. The molecule has 1 aliphatic carbocycles. The van der Waals surface area contributed by atoms with Gasteiger partial charge in [-0.05, 0) is 24.5 Å². The lowest BCUT2D eigenvalue weighted by Gasteiger charge is -2.10. The maximum absolute atomic E-state index is 4.73. The topological polar surface area (TPSA) is 24.9 Å². The number of benzene rings is 1. The number of nitrogens with one attached hydrogen (secondary N) is 1. The molecule has 3 rings (SSSR count). The number of nitrogens with zero attached hydrogens (tertiary/aromatic N) is 1. The normalized spacial score (nSPS) is 17.4. The van der Waals surface area contributed by atoms with Crippen molar-refractivity contribution < 1.29 is 0 Å². The Bertz CT molecular complexity index is 640. The molecule has 20 heavy (non-hydrogen) atoms. The zero-order chi connectivity index (χ0) is 13.8. The number of para-hydroxylation sites is 1. The first-order chi connectivity index (χ1) is 9.86. The molecule has 2 nitrogen and oxygen atoms in total. The summed E-state index contributed by atoms with van der Waals surface area (Å²) in [5, 5.41) is 6.58. The molecule has 102 valence electrons. The van der Waals surface area contributed by atoms with E-state index in [0.717, 1.165) is 29.4 Å². The van der Waals surface area contributed by atoms with Crippen molar-refractivity contribution in [1.82, 2.24) is 4.98 Å². The summed E-state index contributed by atoms with van der Waals surface area (Å²) >= 11 is 1.68. The van der Waals surface area contributed by atoms with Gasteiger partial charge in [0.2, 0.25) is 0 Å². The standard InChI is InChI=1S/C17H18N2S/c1-2-13-8-6-7-11-15(13)18-17-19-16(12-20-17)14-9-4-3-5-10-14/h3-9,11-12,14H,2,10H2,1H3,(H,18,19). The maximum Gasteiger partial charge on any atom is 0.187 e. The second kappa shape index (κ2) is 6.06. The van der Waals surface area contributed by atoms with E-state index in [-0.39, 0.29) is 0 Å². The second-order valence-corrected chi connectivity index (χ2v) is 5.73. The Labute approximate surface area is 123 Å². The predicted molar refractivity (Wildman–Crippen MR) is 86.9 cm³/mol. The van der Waals surface area contributed by atoms with Gasteiger partial charge in [0.25, 0.3) is 0 Å². The van der Waals surface area contributed by atoms with Crippen LogP contribution in [0.5, 0.6) is 0 Å². The molecule has 0 bridgehead atoms. The first-order valence-electron chi connectivity index (χ1n) is 7.00. The average Bonchev–Trinajstić information content (AvgIpc) is 2.97. The van der Waals surface area contributed by atoms with Gasteiger partial charge in [-0.1, -0.05) is 49.4 Å². The van der Waals surface area contributed by atoms with Crippen LogP contribution in [0.3, 0.4) is 0 Å². The average molecular weight is 282 g/mol. The molecule has 0 radical (unpaired) electrons. The van der Waals surface area contributed by atoms with Crippen LogP contribution in [0.2, 0.25) is 0 Å². The van der Waals surface area contributed by atoms with Crippen molar-refractivity contribution in [2.45, 2.75) is 25.7 Å². The molecule has 1 aromatic carbocycles. The van der Waals surface area contributed by atoms with Gasteiger partial charge in [-0.2, -0.15) is 0 Å². The Balaban J connectivity index is 1.77. The van der Waals surface area contributed by atoms with Crippen LogP contribution in [0.4, 0.5) is 10.8 Å². The second-order valence-electron chi connectivity index (χ2n) is 4.87. The van der Waals surface area contributed by atoms with Crippen LogP contribution in [0.25, 0.3) is 0 Å². The van der Waals surface area contributed by atoms with E-state index in [2.05, 4.69) is 66.2 Å². The molecule has 2 aromatic rings. The summed E-state index contributed by atoms with van der Waals surface area (Å²) in [6.07, 6.45) is 10.7. The molecule has 0 aliphatic heterocycles. The van der Waals surface area contributed by atoms with Gasteiger partial charge in [0.15, 0.2) is 5.13 Å². The van der Waals surface area contributed by atoms with Gasteiger partial charge in [-0.15, -0.1) is 11.3 Å². The van der Waals surface area contributed by atoms with Gasteiger partial charge in [-0.25, -0.2) is 4.98 Å². The third kappa shape index (κ3) is 2.83. The summed E-state index contributed by atoms with van der Waals surface area (Å²) in [5.74, 6) is 0.424. The molecule has 1 aliphatic rings. The zero-order valence-electron chi connectivity index (χ0n) is 11.5. The van der Waals surface area contributed by atoms with Gasteiger partial charge in [0.1, 0.15) is 0 Å². The summed E-state index contributed by atoms with van der Waals surface area (Å²) in [7, 11) is 0. The van der Waals surface area contributed by atoms with E-state index in [1.54, 1.807) is 11.3 Å². The van der Waals surface area contributed by atoms with Crippen LogP contribution in [0.15, 0.2) is 53.9 Å². The van der Waals surface area contributed by atoms with E-state index < -0.39 is 0 Å². The van der Waals surface area contributed by atoms with Gasteiger partial charge in [0, 0.05) is 17.0 Å². The summed E-state index contributed by atoms with van der Waals surface area (Å²) < 4.78 is 0. The highest BCUT2D eigenvalue weighted by molar-refractivity contribution is 7.13. The van der Waals surface area contributed by atoms with E-state index in [1.807, 2.05) is 0 Å². The Kier molecular flexibility index (Phi) is 3.97. The molecule has 0 spiro atoms. The third-order valence-electron chi connectivity index (χ3n) is 3.52. The molecular weight excluding hydrogens is 264 g/mol. The van der Waals surface area contributed by atoms with Crippen molar-refractivity contribution in [2.24, 2.45) is 0 Å². The minimum absolute atomic E-state index is 0.424. The summed E-state index contributed by atoms with van der Waals surface area (Å²) in [6.45, 7) is 2.17. The van der Waals surface area contributed by atoms with Crippen molar-refractivity contribution in [3.05, 3.63) is 65.2 Å². The Morgan fingerprint density at radius 1 is 1.30 bits per heavy atom. The van der Waals surface area contributed by atoms with Gasteiger partial charge in [0.05, 0.1) is 5.69 Å². The SMILES string of the molecule is CCc1ccccc1Nc1nc(C2C=CC=CC2)cs1. The number of aromatic nitrogens is 1. The van der Waals surface area contributed by atoms with Crippen LogP contribution in [-0.2, 0) is 6.42 Å². The highest BCUT2D eigenvalue weighted by Gasteiger charge is 2.13. The van der Waals surface area contributed by atoms with E-state index in [0.29, 0.717) is 5.92 Å². The molecule has 1 atom stereocenters. The van der Waals surface area contributed by atoms with E-state index in [1.165, 1.54) is 5.56 Å². The number of hydrogen-bond acceptors (Lipinski definition) is 3. The van der Waals surface area contributed by atoms with Crippen LogP contribution in [-0.4, -0.2) is 4.98 Å². The van der Waals surface area contributed by atoms with Gasteiger partial charge < -0.3 is 5.32 Å². The zero-order valence-corrected chi connectivity index (χ0v) is 12.4. The van der Waals surface area contributed by atoms with E-state index in [9.17, 15) is 0 Å². The number of aryl methyl sites for hydroxylation is 1. The highest BCUT2D eigenvalue weighted by Crippen LogP contribution is 2.30. The number of hydrogen-bond donors (Lipinski definition) is 1. The van der Waals surface area contributed by atoms with Gasteiger partial charge >= 0.3 is 0 Å². The lowest BCUT2D eigenvalue weighted by Crippen LogP contribution is -1.98. The van der Waals surface area contributed by atoms with Crippen LogP contribution >= 0.6 is 11.3 Å². The Morgan fingerprint density at radius 3 is 3.00 bits per heavy atom. The van der Waals surface area contributed by atoms with Crippen molar-refractivity contribution in [3.8, 4) is 0 Å². The first kappa shape index (κ1) is 13.1. The number of thiazole rings is 1. The molecule has 3 heteroatoms. The molecule has 0 fully saturated rings. The number of anilines is 2. The van der Waals surface area contributed by atoms with Gasteiger partial charge in [-0.3, -0.25) is 0 Å². The summed E-state index contributed by atoms with van der Waals surface area (Å²) in [5.41, 5.74) is 3.65. The number of allylic oxidation sites excluding steroid dienone is 4. The third-order valence-corrected chi connectivity index (χ3v) is 4.30. The van der Waals surface area contributed by atoms with E-state index >= 15 is 0 Å². The highest BCUT2D eigenvalue weighted by atomic mass is 32.1. The van der Waals surface area contributed by atoms with E-state index in [4.69, 9.17) is 4.98 Å². The molecule has 1 N–H and O–H groups in total. The molecular formula is C17H18N2S. The minimum atomic E-state index is 0.424. The Hall–Kier alpha value is -1.87. The van der Waals surface area contributed by atoms with Crippen molar-refractivity contribution in [1.29, 1.82) is 0 Å². The lowest BCUT2D eigenvalue weighted by molar-refractivity contribution is 0.825. The fraction of sp³-hybridized carbons (Fsp3) is 0.235. The molecule has 0 saturated heterocycles. The molecule has 0 amide bonds. The predicted octanol–water partition coefficient (Wildman–Crippen LogP) is 5.05. The van der Waals surface area contributed by atoms with Crippen LogP contribution in [0.1, 0.15) is 30.5 Å². The lowest BCUT2D eigenvalue weighted by atomic mass is 9.98. The summed E-state index contributed by atoms with van der Waals surface area (Å²) in [6, 6.07) is 8.41. The number of rotatable bonds is 4. The molecule has 1 aromatic heterocycles. The van der Waals surface area contributed by atoms with Crippen molar-refractivity contribution in [3.63, 3.8) is 0 Å². The fourth-order valence-corrected chi connectivity index (χ4v) is 3.17. The monoisotopic (exact) mass is 282 g/mol. The van der Waals surface area contributed by atoms with Crippen LogP contribution in [0, 0.1) is 0 Å². The molecule has 1 heterocycles. The smallest absolute Gasteiger partial charge is 0.187 e.